The van der Waals surface area contributed by atoms with Crippen molar-refractivity contribution >= 4 is 5.97 Å². The van der Waals surface area contributed by atoms with Crippen molar-refractivity contribution in [2.24, 2.45) is 58.7 Å². The van der Waals surface area contributed by atoms with Crippen LogP contribution in [0.3, 0.4) is 0 Å². The van der Waals surface area contributed by atoms with E-state index in [4.69, 9.17) is 0 Å². The van der Waals surface area contributed by atoms with Gasteiger partial charge in [0.25, 0.3) is 0 Å². The van der Waals surface area contributed by atoms with E-state index in [0.29, 0.717) is 23.7 Å². The molecular weight excluding hydrogens is 404 g/mol. The fraction of sp³-hybridized carbons (Fsp3) is 0.889. The van der Waals surface area contributed by atoms with Crippen molar-refractivity contribution in [3.8, 4) is 0 Å². The van der Waals surface area contributed by atoms with Gasteiger partial charge in [-0.15, -0.1) is 0 Å². The zero-order valence-electron chi connectivity index (χ0n) is 20.2. The molecule has 0 spiro atoms. The van der Waals surface area contributed by atoms with Gasteiger partial charge < -0.3 is 20.4 Å². The number of hydrogen-bond acceptors (Lipinski definition) is 4. The van der Waals surface area contributed by atoms with Crippen molar-refractivity contribution in [2.45, 2.75) is 91.0 Å². The average molecular weight is 449 g/mol. The number of rotatable bonds is 5. The molecule has 32 heavy (non-hydrogen) atoms. The number of fused-ring (bicyclic) bond motifs is 5. The number of aliphatic carboxylic acids is 1. The van der Waals surface area contributed by atoms with Gasteiger partial charge in [-0.25, -0.2) is 0 Å². The van der Waals surface area contributed by atoms with E-state index in [2.05, 4.69) is 19.9 Å². The molecule has 0 saturated heterocycles. The highest BCUT2D eigenvalue weighted by Crippen LogP contribution is 2.64. The van der Waals surface area contributed by atoms with Crippen LogP contribution in [0.25, 0.3) is 0 Å². The summed E-state index contributed by atoms with van der Waals surface area (Å²) < 4.78 is 0. The number of aliphatic hydroxyl groups excluding tert-OH is 3. The molecule has 0 aromatic rings. The largest absolute Gasteiger partial charge is 0.481 e. The monoisotopic (exact) mass is 448 g/mol. The van der Waals surface area contributed by atoms with Gasteiger partial charge in [-0.1, -0.05) is 39.8 Å². The summed E-state index contributed by atoms with van der Waals surface area (Å²) >= 11 is 0. The third-order valence-electron chi connectivity index (χ3n) is 10.6. The average Bonchev–Trinajstić information content (AvgIpc) is 3.18. The van der Waals surface area contributed by atoms with Crippen LogP contribution >= 0.6 is 0 Å². The first-order chi connectivity index (χ1) is 15.0. The molecular formula is C27H44O5. The summed E-state index contributed by atoms with van der Waals surface area (Å²) in [5.74, 6) is 0.988. The second kappa shape index (κ2) is 9.03. The summed E-state index contributed by atoms with van der Waals surface area (Å²) in [5, 5.41) is 42.1. The molecule has 0 heterocycles. The molecule has 4 fully saturated rings. The lowest BCUT2D eigenvalue weighted by atomic mass is 9.45. The molecule has 13 atom stereocenters. The van der Waals surface area contributed by atoms with Gasteiger partial charge >= 0.3 is 5.97 Å². The molecule has 13 unspecified atom stereocenters. The highest BCUT2D eigenvalue weighted by atomic mass is 16.4. The van der Waals surface area contributed by atoms with Crippen LogP contribution in [-0.4, -0.2) is 44.7 Å². The first-order valence-corrected chi connectivity index (χ1v) is 13.0. The van der Waals surface area contributed by atoms with Crippen LogP contribution in [0.5, 0.6) is 0 Å². The van der Waals surface area contributed by atoms with E-state index < -0.39 is 11.9 Å². The van der Waals surface area contributed by atoms with Crippen LogP contribution in [0.15, 0.2) is 12.2 Å². The Hall–Kier alpha value is -0.910. The lowest BCUT2D eigenvalue weighted by Gasteiger charge is -2.61. The lowest BCUT2D eigenvalue weighted by Crippen LogP contribution is -2.59. The lowest BCUT2D eigenvalue weighted by molar-refractivity contribution is -0.181. The van der Waals surface area contributed by atoms with E-state index >= 15 is 0 Å². The van der Waals surface area contributed by atoms with E-state index in [0.717, 1.165) is 44.9 Å². The van der Waals surface area contributed by atoms with Gasteiger partial charge in [0.15, 0.2) is 0 Å². The molecule has 5 nitrogen and oxygen atoms in total. The quantitative estimate of drug-likeness (QED) is 0.475. The Bertz CT molecular complexity index is 721. The summed E-state index contributed by atoms with van der Waals surface area (Å²) in [6, 6.07) is 0. The maximum absolute atomic E-state index is 11.4. The minimum Gasteiger partial charge on any atom is -0.481 e. The van der Waals surface area contributed by atoms with Crippen LogP contribution in [0.4, 0.5) is 0 Å². The highest BCUT2D eigenvalue weighted by Gasteiger charge is 2.61. The molecule has 0 radical (unpaired) electrons. The fourth-order valence-electron chi connectivity index (χ4n) is 8.44. The summed E-state index contributed by atoms with van der Waals surface area (Å²) in [4.78, 5) is 11.3. The van der Waals surface area contributed by atoms with Gasteiger partial charge in [0.2, 0.25) is 0 Å². The second-order valence-electron chi connectivity index (χ2n) is 12.1. The van der Waals surface area contributed by atoms with Crippen LogP contribution in [0.2, 0.25) is 0 Å². The van der Waals surface area contributed by atoms with Crippen molar-refractivity contribution in [2.75, 3.05) is 0 Å². The van der Waals surface area contributed by atoms with Crippen molar-refractivity contribution < 1.29 is 25.2 Å². The van der Waals surface area contributed by atoms with E-state index in [1.165, 1.54) is 0 Å². The van der Waals surface area contributed by atoms with Crippen LogP contribution < -0.4 is 0 Å². The van der Waals surface area contributed by atoms with Crippen molar-refractivity contribution in [3.63, 3.8) is 0 Å². The van der Waals surface area contributed by atoms with Gasteiger partial charge in [-0.2, -0.15) is 0 Å². The van der Waals surface area contributed by atoms with Gasteiger partial charge in [0.1, 0.15) is 0 Å². The number of allylic oxidation sites excluding steroid dienone is 2. The molecule has 0 amide bonds. The van der Waals surface area contributed by atoms with Crippen LogP contribution in [-0.2, 0) is 4.79 Å². The molecule has 4 rings (SSSR count). The Morgan fingerprint density at radius 2 is 1.62 bits per heavy atom. The Morgan fingerprint density at radius 1 is 0.938 bits per heavy atom. The van der Waals surface area contributed by atoms with Gasteiger partial charge in [-0.05, 0) is 97.7 Å². The Balaban J connectivity index is 1.51. The number of hydrogen-bond donors (Lipinski definition) is 4. The fourth-order valence-corrected chi connectivity index (χ4v) is 8.44. The maximum Gasteiger partial charge on any atom is 0.306 e. The van der Waals surface area contributed by atoms with E-state index in [1.54, 1.807) is 6.92 Å². The summed E-state index contributed by atoms with van der Waals surface area (Å²) in [6.45, 7) is 8.28. The Kier molecular flexibility index (Phi) is 6.84. The molecule has 182 valence electrons. The normalized spacial score (nSPS) is 49.0. The third-order valence-corrected chi connectivity index (χ3v) is 10.6. The number of carboxylic acid groups (broad SMARTS) is 1. The van der Waals surface area contributed by atoms with Crippen LogP contribution in [0.1, 0.15) is 72.6 Å². The molecule has 0 bridgehead atoms. The van der Waals surface area contributed by atoms with E-state index in [-0.39, 0.29) is 47.4 Å². The molecule has 5 heteroatoms. The van der Waals surface area contributed by atoms with Gasteiger partial charge in [-0.3, -0.25) is 4.79 Å². The van der Waals surface area contributed by atoms with Crippen molar-refractivity contribution in [1.29, 1.82) is 0 Å². The molecule has 0 aliphatic heterocycles. The van der Waals surface area contributed by atoms with E-state index in [1.807, 2.05) is 13.0 Å². The predicted molar refractivity (Wildman–Crippen MR) is 124 cm³/mol. The zero-order valence-corrected chi connectivity index (χ0v) is 20.2. The standard InChI is InChI=1S/C27H44O5/c1-14(16(3)26(31)32)5-6-15(2)19-7-8-20-24(19)23(30)13-21-25(20)22(29)12-17-11-18(28)9-10-27(17,21)4/h5-6,14-25,28-30H,7-13H2,1-4H3,(H,31,32)/b6-5+. The summed E-state index contributed by atoms with van der Waals surface area (Å²) in [5.41, 5.74) is 0.112. The second-order valence-corrected chi connectivity index (χ2v) is 12.1. The topological polar surface area (TPSA) is 98.0 Å². The minimum absolute atomic E-state index is 0.0217. The Morgan fingerprint density at radius 3 is 2.31 bits per heavy atom. The summed E-state index contributed by atoms with van der Waals surface area (Å²) in [6.07, 6.45) is 9.63. The molecule has 4 saturated carbocycles. The Labute approximate surface area is 193 Å². The molecule has 4 aliphatic carbocycles. The van der Waals surface area contributed by atoms with Crippen molar-refractivity contribution in [3.05, 3.63) is 12.2 Å². The van der Waals surface area contributed by atoms with Crippen LogP contribution in [0, 0.1) is 58.7 Å². The number of carbonyl (C=O) groups is 1. The summed E-state index contributed by atoms with van der Waals surface area (Å²) in [7, 11) is 0. The first-order valence-electron chi connectivity index (χ1n) is 13.0. The smallest absolute Gasteiger partial charge is 0.306 e. The zero-order chi connectivity index (χ0) is 23.4. The van der Waals surface area contributed by atoms with Gasteiger partial charge in [0, 0.05) is 0 Å². The van der Waals surface area contributed by atoms with Gasteiger partial charge in [0.05, 0.1) is 24.2 Å². The number of aliphatic hydroxyl groups is 3. The predicted octanol–water partition coefficient (Wildman–Crippen LogP) is 4.11. The number of carboxylic acids is 1. The highest BCUT2D eigenvalue weighted by molar-refractivity contribution is 5.70. The molecule has 0 aromatic heterocycles. The molecule has 4 aliphatic rings. The first kappa shape index (κ1) is 24.2. The van der Waals surface area contributed by atoms with Crippen molar-refractivity contribution in [1.82, 2.24) is 0 Å². The van der Waals surface area contributed by atoms with E-state index in [9.17, 15) is 25.2 Å². The molecule has 4 N–H and O–H groups in total. The SMILES string of the molecule is CC(/C=C/C(C)C1CCC2C1C(O)CC1C2C(O)CC2CC(O)CCC21C)C(C)C(=O)O. The third kappa shape index (κ3) is 4.07. The minimum atomic E-state index is -0.766. The maximum atomic E-state index is 11.4. The molecule has 0 aromatic carbocycles.